The molecule has 1 amide bonds. The molecule has 1 rings (SSSR count). The first-order valence-corrected chi connectivity index (χ1v) is 7.15. The molecule has 0 fully saturated rings. The normalized spacial score (nSPS) is 12.3. The van der Waals surface area contributed by atoms with Crippen LogP contribution < -0.4 is 15.4 Å². The van der Waals surface area contributed by atoms with Crippen LogP contribution in [-0.2, 0) is 11.3 Å². The second kappa shape index (κ2) is 8.12. The zero-order valence-electron chi connectivity index (χ0n) is 12.5. The number of halogens is 1. The highest BCUT2D eigenvalue weighted by molar-refractivity contribution is 6.31. The molecule has 0 aliphatic carbocycles. The van der Waals surface area contributed by atoms with Crippen molar-refractivity contribution in [3.63, 3.8) is 0 Å². The molecule has 4 nitrogen and oxygen atoms in total. The van der Waals surface area contributed by atoms with Crippen molar-refractivity contribution in [1.29, 1.82) is 0 Å². The fourth-order valence-electron chi connectivity index (χ4n) is 1.67. The smallest absolute Gasteiger partial charge is 0.234 e. The van der Waals surface area contributed by atoms with Crippen molar-refractivity contribution in [3.8, 4) is 5.75 Å². The van der Waals surface area contributed by atoms with Crippen LogP contribution in [0.1, 0.15) is 26.3 Å². The third kappa shape index (κ3) is 5.02. The third-order valence-corrected chi connectivity index (χ3v) is 3.63. The maximum Gasteiger partial charge on any atom is 0.234 e. The number of hydrogen-bond donors (Lipinski definition) is 2. The van der Waals surface area contributed by atoms with Crippen LogP contribution in [0.4, 0.5) is 0 Å². The average Bonchev–Trinajstić information content (AvgIpc) is 2.40. The van der Waals surface area contributed by atoms with Gasteiger partial charge < -0.3 is 15.4 Å². The van der Waals surface area contributed by atoms with Gasteiger partial charge in [-0.15, -0.1) is 0 Å². The van der Waals surface area contributed by atoms with Crippen molar-refractivity contribution in [2.45, 2.75) is 33.4 Å². The van der Waals surface area contributed by atoms with Gasteiger partial charge in [0.1, 0.15) is 5.75 Å². The van der Waals surface area contributed by atoms with E-state index in [0.717, 1.165) is 11.3 Å². The Hall–Kier alpha value is -1.26. The standard InChI is InChI=1S/C15H23ClN2O2/c1-10(2)11(3)18-15(19)9-17-8-12-13(16)6-5-7-14(12)20-4/h5-7,10-11,17H,8-9H2,1-4H3,(H,18,19). The molecule has 0 saturated carbocycles. The first-order valence-electron chi connectivity index (χ1n) is 6.77. The van der Waals surface area contributed by atoms with E-state index in [1.54, 1.807) is 7.11 Å². The van der Waals surface area contributed by atoms with Crippen LogP contribution in [0.25, 0.3) is 0 Å². The second-order valence-electron chi connectivity index (χ2n) is 5.12. The molecule has 0 bridgehead atoms. The summed E-state index contributed by atoms with van der Waals surface area (Å²) in [6.45, 7) is 6.90. The van der Waals surface area contributed by atoms with E-state index < -0.39 is 0 Å². The van der Waals surface area contributed by atoms with Crippen molar-refractivity contribution >= 4 is 17.5 Å². The number of amides is 1. The van der Waals surface area contributed by atoms with Gasteiger partial charge >= 0.3 is 0 Å². The van der Waals surface area contributed by atoms with E-state index >= 15 is 0 Å². The van der Waals surface area contributed by atoms with Crippen LogP contribution >= 0.6 is 11.6 Å². The van der Waals surface area contributed by atoms with Gasteiger partial charge in [-0.3, -0.25) is 4.79 Å². The van der Waals surface area contributed by atoms with Gasteiger partial charge in [0, 0.05) is 23.2 Å². The van der Waals surface area contributed by atoms with Crippen LogP contribution in [0.15, 0.2) is 18.2 Å². The molecule has 20 heavy (non-hydrogen) atoms. The summed E-state index contributed by atoms with van der Waals surface area (Å²) in [6, 6.07) is 5.66. The SMILES string of the molecule is COc1cccc(Cl)c1CNCC(=O)NC(C)C(C)C. The molecule has 2 N–H and O–H groups in total. The van der Waals surface area contributed by atoms with Crippen LogP contribution in [-0.4, -0.2) is 25.6 Å². The van der Waals surface area contributed by atoms with E-state index in [1.165, 1.54) is 0 Å². The Bertz CT molecular complexity index is 449. The van der Waals surface area contributed by atoms with E-state index in [-0.39, 0.29) is 18.5 Å². The van der Waals surface area contributed by atoms with Crippen molar-refractivity contribution in [2.24, 2.45) is 5.92 Å². The minimum atomic E-state index is -0.0165. The van der Waals surface area contributed by atoms with Crippen molar-refractivity contribution in [2.75, 3.05) is 13.7 Å². The number of benzene rings is 1. The predicted molar refractivity (Wildman–Crippen MR) is 82.2 cm³/mol. The van der Waals surface area contributed by atoms with Gasteiger partial charge in [-0.2, -0.15) is 0 Å². The van der Waals surface area contributed by atoms with Gasteiger partial charge in [0.15, 0.2) is 0 Å². The minimum Gasteiger partial charge on any atom is -0.496 e. The molecule has 0 spiro atoms. The molecule has 0 aliphatic rings. The van der Waals surface area contributed by atoms with Gasteiger partial charge in [-0.1, -0.05) is 31.5 Å². The average molecular weight is 299 g/mol. The van der Waals surface area contributed by atoms with Crippen LogP contribution in [0.5, 0.6) is 5.75 Å². The van der Waals surface area contributed by atoms with Gasteiger partial charge in [0.05, 0.1) is 13.7 Å². The minimum absolute atomic E-state index is 0.0165. The predicted octanol–water partition coefficient (Wildman–Crippen LogP) is 2.60. The molecule has 1 aromatic rings. The van der Waals surface area contributed by atoms with E-state index in [2.05, 4.69) is 24.5 Å². The highest BCUT2D eigenvalue weighted by Crippen LogP contribution is 2.25. The lowest BCUT2D eigenvalue weighted by molar-refractivity contribution is -0.121. The Balaban J connectivity index is 2.47. The summed E-state index contributed by atoms with van der Waals surface area (Å²) < 4.78 is 5.25. The quantitative estimate of drug-likeness (QED) is 0.813. The Morgan fingerprint density at radius 2 is 2.05 bits per heavy atom. The molecule has 0 saturated heterocycles. The molecular weight excluding hydrogens is 276 g/mol. The van der Waals surface area contributed by atoms with E-state index in [4.69, 9.17) is 16.3 Å². The molecular formula is C15H23ClN2O2. The fraction of sp³-hybridized carbons (Fsp3) is 0.533. The number of nitrogens with one attached hydrogen (secondary N) is 2. The molecule has 0 aliphatic heterocycles. The maximum atomic E-state index is 11.7. The molecule has 0 heterocycles. The summed E-state index contributed by atoms with van der Waals surface area (Å²) in [5.41, 5.74) is 0.862. The van der Waals surface area contributed by atoms with E-state index in [9.17, 15) is 4.79 Å². The van der Waals surface area contributed by atoms with Crippen molar-refractivity contribution in [3.05, 3.63) is 28.8 Å². The first-order chi connectivity index (χ1) is 9.45. The lowest BCUT2D eigenvalue weighted by Crippen LogP contribution is -2.41. The summed E-state index contributed by atoms with van der Waals surface area (Å²) in [6.07, 6.45) is 0. The van der Waals surface area contributed by atoms with E-state index in [0.29, 0.717) is 17.5 Å². The summed E-state index contributed by atoms with van der Waals surface area (Å²) in [4.78, 5) is 11.7. The monoisotopic (exact) mass is 298 g/mol. The van der Waals surface area contributed by atoms with Gasteiger partial charge in [0.2, 0.25) is 5.91 Å². The lowest BCUT2D eigenvalue weighted by atomic mass is 10.1. The van der Waals surface area contributed by atoms with Gasteiger partial charge in [-0.05, 0) is 25.0 Å². The lowest BCUT2D eigenvalue weighted by Gasteiger charge is -2.18. The molecule has 1 aromatic carbocycles. The highest BCUT2D eigenvalue weighted by atomic mass is 35.5. The Labute approximate surface area is 125 Å². The summed E-state index contributed by atoms with van der Waals surface area (Å²) in [7, 11) is 1.60. The topological polar surface area (TPSA) is 50.4 Å². The summed E-state index contributed by atoms with van der Waals surface area (Å²) in [5.74, 6) is 1.13. The highest BCUT2D eigenvalue weighted by Gasteiger charge is 2.11. The number of carbonyl (C=O) groups is 1. The van der Waals surface area contributed by atoms with Gasteiger partial charge in [0.25, 0.3) is 0 Å². The van der Waals surface area contributed by atoms with Crippen LogP contribution in [0, 0.1) is 5.92 Å². The Morgan fingerprint density at radius 3 is 2.65 bits per heavy atom. The zero-order chi connectivity index (χ0) is 15.1. The zero-order valence-corrected chi connectivity index (χ0v) is 13.3. The third-order valence-electron chi connectivity index (χ3n) is 3.27. The Morgan fingerprint density at radius 1 is 1.35 bits per heavy atom. The fourth-order valence-corrected chi connectivity index (χ4v) is 1.91. The number of carbonyl (C=O) groups excluding carboxylic acids is 1. The van der Waals surface area contributed by atoms with Gasteiger partial charge in [-0.25, -0.2) is 0 Å². The van der Waals surface area contributed by atoms with Crippen molar-refractivity contribution < 1.29 is 9.53 Å². The summed E-state index contributed by atoms with van der Waals surface area (Å²) >= 11 is 6.13. The number of methoxy groups -OCH3 is 1. The molecule has 0 radical (unpaired) electrons. The molecule has 1 atom stereocenters. The molecule has 1 unspecified atom stereocenters. The Kier molecular flexibility index (Phi) is 6.82. The van der Waals surface area contributed by atoms with Crippen LogP contribution in [0.3, 0.4) is 0 Å². The number of rotatable bonds is 7. The maximum absolute atomic E-state index is 11.7. The molecule has 0 aromatic heterocycles. The number of ether oxygens (including phenoxy) is 1. The van der Waals surface area contributed by atoms with E-state index in [1.807, 2.05) is 25.1 Å². The van der Waals surface area contributed by atoms with Crippen molar-refractivity contribution in [1.82, 2.24) is 10.6 Å². The second-order valence-corrected chi connectivity index (χ2v) is 5.53. The molecule has 112 valence electrons. The summed E-state index contributed by atoms with van der Waals surface area (Å²) in [5, 5.41) is 6.66. The largest absolute Gasteiger partial charge is 0.496 e. The first kappa shape index (κ1) is 16.8. The molecule has 5 heteroatoms. The number of hydrogen-bond acceptors (Lipinski definition) is 3. The van der Waals surface area contributed by atoms with Crippen LogP contribution in [0.2, 0.25) is 5.02 Å².